The third kappa shape index (κ3) is 2.62. The minimum atomic E-state index is -0.295. The smallest absolute Gasteiger partial charge is 0.261 e. The minimum absolute atomic E-state index is 0.0176. The van der Waals surface area contributed by atoms with E-state index in [1.807, 2.05) is 4.90 Å². The van der Waals surface area contributed by atoms with Crippen LogP contribution in [-0.4, -0.2) is 67.3 Å². The fourth-order valence-corrected chi connectivity index (χ4v) is 2.95. The minimum Gasteiger partial charge on any atom is -0.334 e. The highest BCUT2D eigenvalue weighted by Crippen LogP contribution is 2.22. The molecule has 6 heteroatoms. The van der Waals surface area contributed by atoms with Gasteiger partial charge in [-0.05, 0) is 12.1 Å². The van der Waals surface area contributed by atoms with Gasteiger partial charge in [0.15, 0.2) is 0 Å². The number of hydrogen-bond acceptors (Lipinski definition) is 3. The number of fused-ring (bicyclic) bond motifs is 1. The molecule has 1 aromatic carbocycles. The molecule has 2 aliphatic rings. The van der Waals surface area contributed by atoms with Crippen LogP contribution in [0.5, 0.6) is 0 Å². The van der Waals surface area contributed by atoms with Gasteiger partial charge in [-0.2, -0.15) is 0 Å². The lowest BCUT2D eigenvalue weighted by Gasteiger charge is -2.30. The van der Waals surface area contributed by atoms with E-state index in [2.05, 4.69) is 7.05 Å². The van der Waals surface area contributed by atoms with Crippen molar-refractivity contribution in [2.45, 2.75) is 6.42 Å². The summed E-state index contributed by atoms with van der Waals surface area (Å²) in [7, 11) is 2.11. The fourth-order valence-electron chi connectivity index (χ4n) is 2.95. The summed E-state index contributed by atoms with van der Waals surface area (Å²) in [5, 5.41) is 0. The van der Waals surface area contributed by atoms with Crippen molar-refractivity contribution in [3.05, 3.63) is 35.4 Å². The summed E-state index contributed by atoms with van der Waals surface area (Å²) in [6.07, 6.45) is 0.199. The molecular formula is C16H20N3O3+. The third-order valence-electron chi connectivity index (χ3n) is 4.40. The van der Waals surface area contributed by atoms with Crippen LogP contribution in [0.2, 0.25) is 0 Å². The first-order valence-electron chi connectivity index (χ1n) is 7.62. The molecule has 22 heavy (non-hydrogen) atoms. The molecule has 116 valence electrons. The van der Waals surface area contributed by atoms with Crippen LogP contribution in [0.4, 0.5) is 0 Å². The number of nitrogens with zero attached hydrogens (tertiary/aromatic N) is 2. The SMILES string of the molecule is C[NH+]1CCN(C(=O)CCN2C(=O)c3ccccc3C2=O)CC1. The van der Waals surface area contributed by atoms with Crippen molar-refractivity contribution < 1.29 is 19.3 Å². The maximum atomic E-state index is 12.2. The second-order valence-electron chi connectivity index (χ2n) is 5.90. The number of amides is 3. The zero-order chi connectivity index (χ0) is 15.7. The van der Waals surface area contributed by atoms with E-state index in [4.69, 9.17) is 0 Å². The van der Waals surface area contributed by atoms with E-state index < -0.39 is 0 Å². The summed E-state index contributed by atoms with van der Waals surface area (Å²) in [4.78, 5) is 41.1. The Morgan fingerprint density at radius 2 is 1.64 bits per heavy atom. The Kier molecular flexibility index (Phi) is 3.94. The molecule has 0 radical (unpaired) electrons. The van der Waals surface area contributed by atoms with Crippen molar-refractivity contribution >= 4 is 17.7 Å². The summed E-state index contributed by atoms with van der Waals surface area (Å²) in [6.45, 7) is 3.53. The number of nitrogens with one attached hydrogen (secondary N) is 1. The molecule has 1 saturated heterocycles. The molecule has 1 N–H and O–H groups in total. The first-order chi connectivity index (χ1) is 10.6. The van der Waals surface area contributed by atoms with Crippen molar-refractivity contribution in [3.8, 4) is 0 Å². The number of carbonyl (C=O) groups is 3. The highest BCUT2D eigenvalue weighted by Gasteiger charge is 2.35. The van der Waals surface area contributed by atoms with Gasteiger partial charge in [0, 0.05) is 13.0 Å². The first-order valence-corrected chi connectivity index (χ1v) is 7.62. The average molecular weight is 302 g/mol. The van der Waals surface area contributed by atoms with Gasteiger partial charge in [-0.3, -0.25) is 19.3 Å². The molecule has 2 aliphatic heterocycles. The summed E-state index contributed by atoms with van der Waals surface area (Å²) in [6, 6.07) is 6.79. The zero-order valence-electron chi connectivity index (χ0n) is 12.7. The number of piperazine rings is 1. The normalized spacial score (nSPS) is 18.8. The van der Waals surface area contributed by atoms with E-state index in [9.17, 15) is 14.4 Å². The number of imide groups is 1. The van der Waals surface area contributed by atoms with Crippen molar-refractivity contribution in [1.29, 1.82) is 0 Å². The molecule has 0 spiro atoms. The summed E-state index contributed by atoms with van der Waals surface area (Å²) in [5.41, 5.74) is 0.867. The molecule has 0 atom stereocenters. The molecule has 1 aromatic rings. The molecule has 0 saturated carbocycles. The van der Waals surface area contributed by atoms with Crippen LogP contribution in [0, 0.1) is 0 Å². The number of benzene rings is 1. The molecule has 0 bridgehead atoms. The third-order valence-corrected chi connectivity index (χ3v) is 4.40. The molecule has 0 aromatic heterocycles. The van der Waals surface area contributed by atoms with E-state index in [1.54, 1.807) is 24.3 Å². The van der Waals surface area contributed by atoms with Gasteiger partial charge in [-0.1, -0.05) is 12.1 Å². The first kappa shape index (κ1) is 14.7. The Morgan fingerprint density at radius 1 is 1.09 bits per heavy atom. The fraction of sp³-hybridized carbons (Fsp3) is 0.438. The van der Waals surface area contributed by atoms with Gasteiger partial charge in [-0.15, -0.1) is 0 Å². The predicted octanol–water partition coefficient (Wildman–Crippen LogP) is -0.970. The lowest BCUT2D eigenvalue weighted by atomic mass is 10.1. The highest BCUT2D eigenvalue weighted by atomic mass is 16.2. The van der Waals surface area contributed by atoms with Crippen LogP contribution < -0.4 is 4.90 Å². The molecule has 3 amide bonds. The van der Waals surface area contributed by atoms with Gasteiger partial charge in [0.05, 0.1) is 44.4 Å². The summed E-state index contributed by atoms with van der Waals surface area (Å²) >= 11 is 0. The largest absolute Gasteiger partial charge is 0.334 e. The number of rotatable bonds is 3. The second kappa shape index (κ2) is 5.88. The highest BCUT2D eigenvalue weighted by molar-refractivity contribution is 6.21. The topological polar surface area (TPSA) is 62.1 Å². The quantitative estimate of drug-likeness (QED) is 0.731. The lowest BCUT2D eigenvalue weighted by Crippen LogP contribution is -3.12. The van der Waals surface area contributed by atoms with Gasteiger partial charge < -0.3 is 9.80 Å². The van der Waals surface area contributed by atoms with Gasteiger partial charge in [0.25, 0.3) is 11.8 Å². The van der Waals surface area contributed by atoms with Crippen molar-refractivity contribution in [2.24, 2.45) is 0 Å². The molecule has 0 unspecified atom stereocenters. The molecule has 2 heterocycles. The number of likely N-dealkylation sites (N-methyl/N-ethyl adjacent to an activating group) is 1. The van der Waals surface area contributed by atoms with E-state index >= 15 is 0 Å². The Bertz CT molecular complexity index is 586. The van der Waals surface area contributed by atoms with Crippen LogP contribution in [0.3, 0.4) is 0 Å². The van der Waals surface area contributed by atoms with E-state index in [1.165, 1.54) is 9.80 Å². The Morgan fingerprint density at radius 3 is 2.18 bits per heavy atom. The Hall–Kier alpha value is -2.21. The van der Waals surface area contributed by atoms with Crippen molar-refractivity contribution in [3.63, 3.8) is 0 Å². The summed E-state index contributed by atoms with van der Waals surface area (Å²) < 4.78 is 0. The van der Waals surface area contributed by atoms with Crippen LogP contribution in [-0.2, 0) is 4.79 Å². The predicted molar refractivity (Wildman–Crippen MR) is 79.6 cm³/mol. The number of hydrogen-bond donors (Lipinski definition) is 1. The van der Waals surface area contributed by atoms with Gasteiger partial charge in [0.2, 0.25) is 5.91 Å². The van der Waals surface area contributed by atoms with Gasteiger partial charge >= 0.3 is 0 Å². The molecule has 3 rings (SSSR count). The van der Waals surface area contributed by atoms with E-state index in [0.717, 1.165) is 26.2 Å². The number of quaternary nitrogens is 1. The van der Waals surface area contributed by atoms with Crippen LogP contribution >= 0.6 is 0 Å². The van der Waals surface area contributed by atoms with Crippen LogP contribution in [0.15, 0.2) is 24.3 Å². The average Bonchev–Trinajstić information content (AvgIpc) is 2.78. The summed E-state index contributed by atoms with van der Waals surface area (Å²) in [5.74, 6) is -0.573. The van der Waals surface area contributed by atoms with Gasteiger partial charge in [-0.25, -0.2) is 0 Å². The standard InChI is InChI=1S/C16H19N3O3/c1-17-8-10-18(11-9-17)14(20)6-7-19-15(21)12-4-2-3-5-13(12)16(19)22/h2-5H,6-11H2,1H3/p+1. The Labute approximate surface area is 129 Å². The lowest BCUT2D eigenvalue weighted by molar-refractivity contribution is -0.883. The van der Waals surface area contributed by atoms with E-state index in [0.29, 0.717) is 11.1 Å². The van der Waals surface area contributed by atoms with Gasteiger partial charge in [0.1, 0.15) is 0 Å². The maximum Gasteiger partial charge on any atom is 0.261 e. The molecule has 6 nitrogen and oxygen atoms in total. The molecular weight excluding hydrogens is 282 g/mol. The van der Waals surface area contributed by atoms with Crippen molar-refractivity contribution in [1.82, 2.24) is 9.80 Å². The Balaban J connectivity index is 1.60. The molecule has 1 fully saturated rings. The zero-order valence-corrected chi connectivity index (χ0v) is 12.7. The monoisotopic (exact) mass is 302 g/mol. The number of carbonyl (C=O) groups excluding carboxylic acids is 3. The van der Waals surface area contributed by atoms with Crippen LogP contribution in [0.1, 0.15) is 27.1 Å². The van der Waals surface area contributed by atoms with Crippen LogP contribution in [0.25, 0.3) is 0 Å². The second-order valence-corrected chi connectivity index (χ2v) is 5.90. The van der Waals surface area contributed by atoms with E-state index in [-0.39, 0.29) is 30.7 Å². The molecule has 0 aliphatic carbocycles. The van der Waals surface area contributed by atoms with Crippen molar-refractivity contribution in [2.75, 3.05) is 39.8 Å². The maximum absolute atomic E-state index is 12.2.